The normalized spacial score (nSPS) is 18.7. The predicted octanol–water partition coefficient (Wildman–Crippen LogP) is 5.06. The van der Waals surface area contributed by atoms with E-state index in [0.29, 0.717) is 24.0 Å². The van der Waals surface area contributed by atoms with Crippen LogP contribution in [0, 0.1) is 11.3 Å². The maximum atomic E-state index is 14.5. The first-order valence-corrected chi connectivity index (χ1v) is 12.5. The fraction of sp³-hybridized carbons (Fsp3) is 0.500. The lowest BCUT2D eigenvalue weighted by molar-refractivity contribution is -0.150. The molecule has 12 heteroatoms. The van der Waals surface area contributed by atoms with E-state index >= 15 is 0 Å². The number of nitrogens with zero attached hydrogens (tertiary/aromatic N) is 1. The van der Waals surface area contributed by atoms with Crippen LogP contribution in [0.1, 0.15) is 56.8 Å². The van der Waals surface area contributed by atoms with Crippen LogP contribution in [-0.2, 0) is 4.79 Å². The van der Waals surface area contributed by atoms with Gasteiger partial charge in [-0.2, -0.15) is 18.4 Å². The number of hydrogen-bond acceptors (Lipinski definition) is 5. The van der Waals surface area contributed by atoms with Crippen molar-refractivity contribution in [1.82, 2.24) is 10.6 Å². The van der Waals surface area contributed by atoms with Crippen molar-refractivity contribution >= 4 is 11.5 Å². The molecule has 0 heterocycles. The number of allylic oxidation sites excluding steroid dienone is 4. The molecule has 40 heavy (non-hydrogen) atoms. The van der Waals surface area contributed by atoms with Crippen molar-refractivity contribution in [2.24, 2.45) is 0 Å². The molecule has 0 aromatic heterocycles. The quantitative estimate of drug-likeness (QED) is 0.293. The van der Waals surface area contributed by atoms with E-state index in [0.717, 1.165) is 21.0 Å². The van der Waals surface area contributed by atoms with Crippen molar-refractivity contribution in [3.05, 3.63) is 65.3 Å². The number of amides is 1. The molecule has 0 spiro atoms. The van der Waals surface area contributed by atoms with Crippen molar-refractivity contribution in [3.63, 3.8) is 0 Å². The second kappa shape index (κ2) is 13.5. The molecule has 1 aromatic carbocycles. The second-order valence-corrected chi connectivity index (χ2v) is 10.1. The van der Waals surface area contributed by atoms with Gasteiger partial charge in [0.15, 0.2) is 0 Å². The molecule has 1 aromatic rings. The van der Waals surface area contributed by atoms with Gasteiger partial charge in [0, 0.05) is 13.5 Å². The highest BCUT2D eigenvalue weighted by Gasteiger charge is 2.48. The number of nitrogens with one attached hydrogen (secondary N) is 2. The number of carbonyl (C=O) groups is 1. The molecule has 1 amide bonds. The number of nitriles is 1. The van der Waals surface area contributed by atoms with Gasteiger partial charge in [-0.15, -0.1) is 0 Å². The van der Waals surface area contributed by atoms with E-state index in [1.54, 1.807) is 6.08 Å². The summed E-state index contributed by atoms with van der Waals surface area (Å²) in [7, 11) is 1.00. The summed E-state index contributed by atoms with van der Waals surface area (Å²) in [6.45, 7) is 2.31. The van der Waals surface area contributed by atoms with Gasteiger partial charge in [-0.25, -0.2) is 13.2 Å². The molecule has 4 N–H and O–H groups in total. The fourth-order valence-electron chi connectivity index (χ4n) is 4.10. The molecular weight excluding hydrogens is 540 g/mol. The van der Waals surface area contributed by atoms with Crippen molar-refractivity contribution in [1.29, 1.82) is 5.26 Å². The van der Waals surface area contributed by atoms with Gasteiger partial charge in [-0.3, -0.25) is 10.1 Å². The van der Waals surface area contributed by atoms with Gasteiger partial charge in [0.25, 0.3) is 6.43 Å². The third-order valence-electron chi connectivity index (χ3n) is 6.33. The van der Waals surface area contributed by atoms with Crippen molar-refractivity contribution in [2.45, 2.75) is 81.5 Å². The Kier molecular flexibility index (Phi) is 11.1. The average Bonchev–Trinajstić information content (AvgIpc) is 3.69. The lowest BCUT2D eigenvalue weighted by Crippen LogP contribution is -2.56. The number of rotatable bonds is 10. The summed E-state index contributed by atoms with van der Waals surface area (Å²) in [5, 5.41) is 30.5. The summed E-state index contributed by atoms with van der Waals surface area (Å²) in [4.78, 5) is 12.8. The van der Waals surface area contributed by atoms with Crippen LogP contribution >= 0.6 is 0 Å². The Balaban J connectivity index is 0.00000274. The van der Waals surface area contributed by atoms with E-state index in [1.807, 2.05) is 6.07 Å². The lowest BCUT2D eigenvalue weighted by atomic mass is 9.96. The zero-order valence-corrected chi connectivity index (χ0v) is 22.3. The molecule has 0 saturated heterocycles. The van der Waals surface area contributed by atoms with Gasteiger partial charge in [-0.1, -0.05) is 48.6 Å². The molecule has 6 nitrogen and oxygen atoms in total. The minimum absolute atomic E-state index is 0.00609. The van der Waals surface area contributed by atoms with Gasteiger partial charge < -0.3 is 15.5 Å². The van der Waals surface area contributed by atoms with E-state index in [1.165, 1.54) is 42.5 Å². The summed E-state index contributed by atoms with van der Waals surface area (Å²) in [6.07, 6.45) is -3.82. The molecule has 3 rings (SSSR count). The highest BCUT2D eigenvalue weighted by Crippen LogP contribution is 2.35. The summed E-state index contributed by atoms with van der Waals surface area (Å²) in [5.74, 6) is -0.882. The second-order valence-electron chi connectivity index (χ2n) is 10.1. The van der Waals surface area contributed by atoms with Gasteiger partial charge in [0.05, 0.1) is 12.1 Å². The molecule has 1 fully saturated rings. The maximum Gasteiger partial charge on any atom is 0.407 e. The first-order valence-electron chi connectivity index (χ1n) is 12.5. The molecule has 2 aliphatic rings. The Morgan fingerprint density at radius 2 is 1.68 bits per heavy atom. The molecule has 2 aliphatic carbocycles. The largest absolute Gasteiger partial charge is 0.407 e. The van der Waals surface area contributed by atoms with Gasteiger partial charge >= 0.3 is 6.18 Å². The Labute approximate surface area is 229 Å². The number of carbonyl (C=O) groups excluding carboxylic acids is 1. The van der Waals surface area contributed by atoms with Crippen LogP contribution in [0.15, 0.2) is 54.1 Å². The van der Waals surface area contributed by atoms with Gasteiger partial charge in [0.2, 0.25) is 5.91 Å². The van der Waals surface area contributed by atoms with Crippen LogP contribution in [0.3, 0.4) is 0 Å². The van der Waals surface area contributed by atoms with E-state index in [2.05, 4.69) is 10.6 Å². The zero-order valence-electron chi connectivity index (χ0n) is 22.3. The standard InChI is InChI=1S/C27H29F6N3O2.CH4O/c1-25(2,30)14-20(24(38)36-26(15-34)12-13-26)35-22(27(31,32)33)19-5-3-4-16(8-11-19)17-6-9-18(10-7-17)21(37)23(28)29;1-2/h4-11,20-23,35,37H,3,12-14H2,1-2H3,(H,36,38);2H,1H3/t20-,21-,22?;/m0./s1. The van der Waals surface area contributed by atoms with E-state index in [9.17, 15) is 41.5 Å². The zero-order chi connectivity index (χ0) is 30.3. The van der Waals surface area contributed by atoms with Gasteiger partial charge in [0.1, 0.15) is 23.4 Å². The highest BCUT2D eigenvalue weighted by atomic mass is 19.4. The highest BCUT2D eigenvalue weighted by molar-refractivity contribution is 5.83. The molecule has 1 saturated carbocycles. The first kappa shape index (κ1) is 33.1. The average molecular weight is 574 g/mol. The van der Waals surface area contributed by atoms with Crippen LogP contribution in [0.2, 0.25) is 0 Å². The van der Waals surface area contributed by atoms with Crippen molar-refractivity contribution in [2.75, 3.05) is 7.11 Å². The first-order chi connectivity index (χ1) is 18.6. The van der Waals surface area contributed by atoms with Crippen LogP contribution in [0.25, 0.3) is 5.57 Å². The smallest absolute Gasteiger partial charge is 0.400 e. The topological polar surface area (TPSA) is 105 Å². The van der Waals surface area contributed by atoms with Crippen molar-refractivity contribution < 1.29 is 41.4 Å². The van der Waals surface area contributed by atoms with Crippen LogP contribution < -0.4 is 10.6 Å². The Morgan fingerprint density at radius 3 is 2.15 bits per heavy atom. The Hall–Kier alpha value is -3.14. The van der Waals surface area contributed by atoms with Crippen molar-refractivity contribution in [3.8, 4) is 6.07 Å². The number of alkyl halides is 6. The summed E-state index contributed by atoms with van der Waals surface area (Å²) < 4.78 is 82.5. The van der Waals surface area contributed by atoms with Gasteiger partial charge in [-0.05, 0) is 55.4 Å². The maximum absolute atomic E-state index is 14.5. The number of aliphatic hydroxyl groups excluding tert-OH is 2. The molecule has 0 aliphatic heterocycles. The van der Waals surface area contributed by atoms with E-state index in [4.69, 9.17) is 5.11 Å². The fourth-order valence-corrected chi connectivity index (χ4v) is 4.10. The molecule has 0 bridgehead atoms. The molecule has 3 atom stereocenters. The minimum Gasteiger partial charge on any atom is -0.400 e. The van der Waals surface area contributed by atoms with E-state index in [-0.39, 0.29) is 17.6 Å². The monoisotopic (exact) mass is 573 g/mol. The molecule has 220 valence electrons. The predicted molar refractivity (Wildman–Crippen MR) is 138 cm³/mol. The van der Waals surface area contributed by atoms with Crippen LogP contribution in [-0.4, -0.2) is 59.1 Å². The molecule has 1 unspecified atom stereocenters. The molecular formula is C28H33F6N3O3. The SMILES string of the molecule is CC(C)(F)C[C@H](NC(C1=CCC=C(c2ccc([C@H](O)C(F)F)cc2)C=C1)C(F)(F)F)C(=O)NC1(C#N)CC1.CO. The van der Waals surface area contributed by atoms with Crippen LogP contribution in [0.5, 0.6) is 0 Å². The number of hydrogen-bond donors (Lipinski definition) is 4. The Morgan fingerprint density at radius 1 is 1.07 bits per heavy atom. The Bertz CT molecular complexity index is 1140. The minimum atomic E-state index is -4.83. The third kappa shape index (κ3) is 9.21. The number of halogens is 6. The summed E-state index contributed by atoms with van der Waals surface area (Å²) in [6, 6.07) is 3.66. The summed E-state index contributed by atoms with van der Waals surface area (Å²) in [5.41, 5.74) is -2.22. The number of aliphatic hydroxyl groups is 2. The summed E-state index contributed by atoms with van der Waals surface area (Å²) >= 11 is 0. The lowest BCUT2D eigenvalue weighted by Gasteiger charge is -2.30. The molecule has 0 radical (unpaired) electrons. The third-order valence-corrected chi connectivity index (χ3v) is 6.33. The van der Waals surface area contributed by atoms with E-state index < -0.39 is 54.3 Å². The van der Waals surface area contributed by atoms with Crippen LogP contribution in [0.4, 0.5) is 26.3 Å². The number of benzene rings is 1.